The summed E-state index contributed by atoms with van der Waals surface area (Å²) in [5, 5.41) is 21.6. The second-order valence-electron chi connectivity index (χ2n) is 4.66. The molecule has 0 rings (SSSR count). The molecular weight excluding hydrogens is 222 g/mol. The predicted molar refractivity (Wildman–Crippen MR) is 67.0 cm³/mol. The van der Waals surface area contributed by atoms with E-state index >= 15 is 0 Å². The summed E-state index contributed by atoms with van der Waals surface area (Å²) in [6.45, 7) is 6.23. The second-order valence-corrected chi connectivity index (χ2v) is 4.66. The number of methoxy groups -OCH3 is 1. The zero-order chi connectivity index (χ0) is 13.1. The smallest absolute Gasteiger partial charge is 0.0897 e. The summed E-state index contributed by atoms with van der Waals surface area (Å²) in [6, 6.07) is 0.0738. The van der Waals surface area contributed by atoms with Gasteiger partial charge in [-0.15, -0.1) is 0 Å². The molecule has 17 heavy (non-hydrogen) atoms. The molecular formula is C12H27NO4. The fourth-order valence-electron chi connectivity index (χ4n) is 1.40. The van der Waals surface area contributed by atoms with Crippen LogP contribution < -0.4 is 5.32 Å². The van der Waals surface area contributed by atoms with Crippen molar-refractivity contribution in [1.82, 2.24) is 5.32 Å². The van der Waals surface area contributed by atoms with Gasteiger partial charge < -0.3 is 25.0 Å². The largest absolute Gasteiger partial charge is 0.396 e. The summed E-state index contributed by atoms with van der Waals surface area (Å²) in [5.41, 5.74) is 0. The highest BCUT2D eigenvalue weighted by molar-refractivity contribution is 4.68. The van der Waals surface area contributed by atoms with Crippen LogP contribution in [0.25, 0.3) is 0 Å². The topological polar surface area (TPSA) is 71.0 Å². The third-order valence-corrected chi connectivity index (χ3v) is 2.25. The van der Waals surface area contributed by atoms with E-state index in [2.05, 4.69) is 19.2 Å². The van der Waals surface area contributed by atoms with Gasteiger partial charge in [0.15, 0.2) is 0 Å². The molecule has 0 heterocycles. The minimum atomic E-state index is -0.521. The second kappa shape index (κ2) is 10.9. The molecule has 0 spiro atoms. The Morgan fingerprint density at radius 1 is 1.18 bits per heavy atom. The highest BCUT2D eigenvalue weighted by atomic mass is 16.5. The van der Waals surface area contributed by atoms with Crippen LogP contribution in [0.15, 0.2) is 0 Å². The van der Waals surface area contributed by atoms with Crippen LogP contribution in [0.1, 0.15) is 20.3 Å². The third-order valence-electron chi connectivity index (χ3n) is 2.25. The first kappa shape index (κ1) is 16.8. The van der Waals surface area contributed by atoms with Gasteiger partial charge in [-0.25, -0.2) is 0 Å². The Balaban J connectivity index is 3.60. The zero-order valence-corrected chi connectivity index (χ0v) is 11.2. The number of aliphatic hydroxyl groups excluding tert-OH is 2. The molecule has 0 amide bonds. The van der Waals surface area contributed by atoms with E-state index in [9.17, 15) is 5.11 Å². The Hall–Kier alpha value is -0.200. The van der Waals surface area contributed by atoms with Gasteiger partial charge in [0, 0.05) is 32.9 Å². The third kappa shape index (κ3) is 10.7. The molecule has 5 heteroatoms. The summed E-state index contributed by atoms with van der Waals surface area (Å²) in [6.07, 6.45) is 0.0970. The molecule has 0 bridgehead atoms. The van der Waals surface area contributed by atoms with Crippen LogP contribution in [0.2, 0.25) is 0 Å². The maximum absolute atomic E-state index is 9.66. The van der Waals surface area contributed by atoms with Gasteiger partial charge in [-0.05, 0) is 12.3 Å². The van der Waals surface area contributed by atoms with Gasteiger partial charge >= 0.3 is 0 Å². The average Bonchev–Trinajstić information content (AvgIpc) is 2.26. The van der Waals surface area contributed by atoms with Crippen molar-refractivity contribution >= 4 is 0 Å². The van der Waals surface area contributed by atoms with Gasteiger partial charge in [0.05, 0.1) is 19.3 Å². The summed E-state index contributed by atoms with van der Waals surface area (Å²) < 4.78 is 10.4. The lowest BCUT2D eigenvalue weighted by Gasteiger charge is -2.19. The lowest BCUT2D eigenvalue weighted by molar-refractivity contribution is 0.0228. The van der Waals surface area contributed by atoms with Gasteiger partial charge in [-0.1, -0.05) is 13.8 Å². The maximum Gasteiger partial charge on any atom is 0.0897 e. The van der Waals surface area contributed by atoms with Crippen molar-refractivity contribution in [3.8, 4) is 0 Å². The molecule has 0 saturated heterocycles. The fourth-order valence-corrected chi connectivity index (χ4v) is 1.40. The van der Waals surface area contributed by atoms with Crippen LogP contribution in [-0.2, 0) is 9.47 Å². The molecule has 0 saturated carbocycles. The molecule has 3 N–H and O–H groups in total. The Morgan fingerprint density at radius 2 is 1.88 bits per heavy atom. The monoisotopic (exact) mass is 249 g/mol. The van der Waals surface area contributed by atoms with E-state index in [1.165, 1.54) is 0 Å². The van der Waals surface area contributed by atoms with E-state index in [4.69, 9.17) is 14.6 Å². The van der Waals surface area contributed by atoms with Crippen molar-refractivity contribution < 1.29 is 19.7 Å². The Morgan fingerprint density at radius 3 is 2.41 bits per heavy atom. The van der Waals surface area contributed by atoms with Crippen LogP contribution in [0.3, 0.4) is 0 Å². The van der Waals surface area contributed by atoms with Crippen molar-refractivity contribution in [3.63, 3.8) is 0 Å². The first-order chi connectivity index (χ1) is 8.10. The lowest BCUT2D eigenvalue weighted by atomic mass is 10.2. The van der Waals surface area contributed by atoms with E-state index in [1.807, 2.05) is 0 Å². The van der Waals surface area contributed by atoms with Crippen LogP contribution in [0.4, 0.5) is 0 Å². The summed E-state index contributed by atoms with van der Waals surface area (Å²) in [4.78, 5) is 0. The lowest BCUT2D eigenvalue weighted by Crippen LogP contribution is -2.40. The van der Waals surface area contributed by atoms with Crippen LogP contribution in [-0.4, -0.2) is 62.4 Å². The van der Waals surface area contributed by atoms with Gasteiger partial charge in [-0.3, -0.25) is 0 Å². The predicted octanol–water partition coefficient (Wildman–Crippen LogP) is 0.00690. The van der Waals surface area contributed by atoms with Crippen LogP contribution >= 0.6 is 0 Å². The summed E-state index contributed by atoms with van der Waals surface area (Å²) >= 11 is 0. The van der Waals surface area contributed by atoms with E-state index in [1.54, 1.807) is 7.11 Å². The van der Waals surface area contributed by atoms with Crippen LogP contribution in [0, 0.1) is 5.92 Å². The Bertz CT molecular complexity index is 161. The molecule has 0 aromatic heterocycles. The van der Waals surface area contributed by atoms with Crippen molar-refractivity contribution in [1.29, 1.82) is 0 Å². The highest BCUT2D eigenvalue weighted by Gasteiger charge is 2.10. The van der Waals surface area contributed by atoms with Crippen molar-refractivity contribution in [3.05, 3.63) is 0 Å². The highest BCUT2D eigenvalue weighted by Crippen LogP contribution is 1.96. The number of ether oxygens (including phenoxy) is 2. The molecule has 0 aliphatic carbocycles. The number of aliphatic hydroxyl groups is 2. The van der Waals surface area contributed by atoms with E-state index in [0.717, 1.165) is 0 Å². The van der Waals surface area contributed by atoms with Gasteiger partial charge in [0.2, 0.25) is 0 Å². The minimum absolute atomic E-state index is 0.0738. The maximum atomic E-state index is 9.66. The number of nitrogens with one attached hydrogen (secondary N) is 1. The first-order valence-corrected chi connectivity index (χ1v) is 6.19. The molecule has 0 aliphatic heterocycles. The van der Waals surface area contributed by atoms with Gasteiger partial charge in [0.1, 0.15) is 0 Å². The number of hydrogen-bond acceptors (Lipinski definition) is 5. The van der Waals surface area contributed by atoms with E-state index in [0.29, 0.717) is 38.7 Å². The summed E-state index contributed by atoms with van der Waals surface area (Å²) in [7, 11) is 1.62. The molecule has 104 valence electrons. The van der Waals surface area contributed by atoms with Crippen molar-refractivity contribution in [2.75, 3.05) is 40.1 Å². The molecule has 2 atom stereocenters. The van der Waals surface area contributed by atoms with E-state index < -0.39 is 6.10 Å². The molecule has 0 aromatic carbocycles. The quantitative estimate of drug-likeness (QED) is 0.481. The Labute approximate surface area is 104 Å². The minimum Gasteiger partial charge on any atom is -0.396 e. The SMILES string of the molecule is COCC(CCO)NCC(O)COCC(C)C. The molecule has 0 radical (unpaired) electrons. The molecule has 0 aromatic rings. The van der Waals surface area contributed by atoms with E-state index in [-0.39, 0.29) is 12.6 Å². The van der Waals surface area contributed by atoms with Crippen molar-refractivity contribution in [2.45, 2.75) is 32.4 Å². The first-order valence-electron chi connectivity index (χ1n) is 6.19. The fraction of sp³-hybridized carbons (Fsp3) is 1.00. The average molecular weight is 249 g/mol. The Kier molecular flexibility index (Phi) is 10.8. The molecule has 5 nitrogen and oxygen atoms in total. The number of rotatable bonds is 11. The van der Waals surface area contributed by atoms with Gasteiger partial charge in [-0.2, -0.15) is 0 Å². The number of hydrogen-bond donors (Lipinski definition) is 3. The zero-order valence-electron chi connectivity index (χ0n) is 11.2. The molecule has 2 unspecified atom stereocenters. The van der Waals surface area contributed by atoms with Gasteiger partial charge in [0.25, 0.3) is 0 Å². The standard InChI is InChI=1S/C12H27NO4/c1-10(2)7-17-9-12(15)6-13-11(4-5-14)8-16-3/h10-15H,4-9H2,1-3H3. The molecule has 0 fully saturated rings. The van der Waals surface area contributed by atoms with Crippen molar-refractivity contribution in [2.24, 2.45) is 5.92 Å². The normalized spacial score (nSPS) is 15.2. The molecule has 0 aliphatic rings. The van der Waals surface area contributed by atoms with Crippen LogP contribution in [0.5, 0.6) is 0 Å². The summed E-state index contributed by atoms with van der Waals surface area (Å²) in [5.74, 6) is 0.478.